The molecule has 7 heteroatoms. The molecule has 0 aromatic heterocycles. The van der Waals surface area contributed by atoms with Crippen molar-refractivity contribution in [3.8, 4) is 5.75 Å². The number of nitrogens with two attached hydrogens (primary N) is 2. The standard InChI is InChI=1S/C10H13N3O3.ClH/c1-15-8-4-3-6(9(14)16-2)5-7(8)13-10(11)12;/h3-5H,1-2H3,(H4,11,12,13);1H. The Morgan fingerprint density at radius 1 is 1.35 bits per heavy atom. The zero-order chi connectivity index (χ0) is 12.1. The van der Waals surface area contributed by atoms with Gasteiger partial charge < -0.3 is 33.3 Å². The van der Waals surface area contributed by atoms with Crippen molar-refractivity contribution in [2.75, 3.05) is 14.2 Å². The van der Waals surface area contributed by atoms with Gasteiger partial charge >= 0.3 is 7.40 Å². The second-order valence-electron chi connectivity index (χ2n) is 2.91. The highest BCUT2D eigenvalue weighted by atomic mass is 35.5. The van der Waals surface area contributed by atoms with Crippen LogP contribution in [-0.2, 0) is 4.74 Å². The van der Waals surface area contributed by atoms with Crippen LogP contribution in [0.1, 0.15) is 11.8 Å². The summed E-state index contributed by atoms with van der Waals surface area (Å²) in [5, 5.41) is 0. The van der Waals surface area contributed by atoms with E-state index in [2.05, 4.69) is 9.73 Å². The van der Waals surface area contributed by atoms with E-state index in [4.69, 9.17) is 16.2 Å². The van der Waals surface area contributed by atoms with Gasteiger partial charge in [-0.05, 0) is 18.2 Å². The minimum absolute atomic E-state index is 0. The van der Waals surface area contributed by atoms with Gasteiger partial charge in [0.15, 0.2) is 5.96 Å². The van der Waals surface area contributed by atoms with Gasteiger partial charge in [-0.1, -0.05) is 0 Å². The Morgan fingerprint density at radius 3 is 2.47 bits per heavy atom. The van der Waals surface area contributed by atoms with Crippen molar-refractivity contribution in [1.29, 1.82) is 0 Å². The number of halogens is 1. The maximum absolute atomic E-state index is 11.3. The second kappa shape index (κ2) is 6.59. The van der Waals surface area contributed by atoms with Crippen molar-refractivity contribution in [3.05, 3.63) is 23.8 Å². The number of benzene rings is 1. The summed E-state index contributed by atoms with van der Waals surface area (Å²) in [6, 6.07) is 4.65. The summed E-state index contributed by atoms with van der Waals surface area (Å²) in [7, 11) is 2.78. The molecule has 1 aromatic rings. The maximum atomic E-state index is 11.3. The first kappa shape index (κ1) is 15.0. The van der Waals surface area contributed by atoms with E-state index >= 15 is 0 Å². The predicted octanol–water partition coefficient (Wildman–Crippen LogP) is -2.50. The van der Waals surface area contributed by atoms with Crippen molar-refractivity contribution in [2.45, 2.75) is 0 Å². The number of hydrogen-bond acceptors (Lipinski definition) is 4. The molecule has 0 saturated carbocycles. The quantitative estimate of drug-likeness (QED) is 0.355. The molecule has 0 aliphatic rings. The first-order chi connectivity index (χ1) is 7.58. The highest BCUT2D eigenvalue weighted by molar-refractivity contribution is 5.91. The van der Waals surface area contributed by atoms with E-state index in [9.17, 15) is 4.79 Å². The molecule has 0 unspecified atom stereocenters. The van der Waals surface area contributed by atoms with Crippen LogP contribution in [0, 0.1) is 0 Å². The number of aliphatic imine (C=N–C) groups is 1. The summed E-state index contributed by atoms with van der Waals surface area (Å²) in [5.74, 6) is -0.101. The zero-order valence-corrected chi connectivity index (χ0v) is 10.2. The zero-order valence-electron chi connectivity index (χ0n) is 10.4. The van der Waals surface area contributed by atoms with Crippen LogP contribution >= 0.6 is 0 Å². The summed E-state index contributed by atoms with van der Waals surface area (Å²) >= 11 is 0. The number of esters is 1. The fourth-order valence-corrected chi connectivity index (χ4v) is 1.16. The second-order valence-corrected chi connectivity index (χ2v) is 2.91. The Labute approximate surface area is 106 Å². The molecule has 0 bridgehead atoms. The van der Waals surface area contributed by atoms with Gasteiger partial charge in [0.05, 0.1) is 19.8 Å². The normalized spacial score (nSPS) is 8.82. The summed E-state index contributed by atoms with van der Waals surface area (Å²) in [4.78, 5) is 15.1. The van der Waals surface area contributed by atoms with Gasteiger partial charge in [0.25, 0.3) is 0 Å². The van der Waals surface area contributed by atoms with E-state index in [0.717, 1.165) is 0 Å². The van der Waals surface area contributed by atoms with Crippen molar-refractivity contribution >= 4 is 17.6 Å². The number of carbonyl (C=O) groups excluding carboxylic acids is 1. The first-order valence-electron chi connectivity index (χ1n) is 4.44. The number of carbonyl (C=O) groups is 1. The Kier molecular flexibility index (Phi) is 5.84. The minimum atomic E-state index is -0.463. The van der Waals surface area contributed by atoms with E-state index in [0.29, 0.717) is 17.0 Å². The molecule has 0 atom stereocenters. The van der Waals surface area contributed by atoms with Gasteiger partial charge in [0.2, 0.25) is 0 Å². The lowest BCUT2D eigenvalue weighted by atomic mass is 10.2. The Hall–Kier alpha value is -1.95. The maximum Gasteiger partial charge on any atom is 1.00 e. The number of nitrogens with zero attached hydrogens (tertiary/aromatic N) is 1. The van der Waals surface area contributed by atoms with Crippen LogP contribution in [0.3, 0.4) is 0 Å². The summed E-state index contributed by atoms with van der Waals surface area (Å²) < 4.78 is 9.62. The number of rotatable bonds is 3. The third-order valence-corrected chi connectivity index (χ3v) is 1.85. The van der Waals surface area contributed by atoms with Crippen LogP contribution in [0.2, 0.25) is 0 Å². The molecule has 0 spiro atoms. The lowest BCUT2D eigenvalue weighted by Crippen LogP contribution is -3.00. The van der Waals surface area contributed by atoms with Gasteiger partial charge in [-0.3, -0.25) is 0 Å². The Morgan fingerprint density at radius 2 is 2.00 bits per heavy atom. The number of ether oxygens (including phenoxy) is 2. The van der Waals surface area contributed by atoms with Crippen LogP contribution in [0.25, 0.3) is 0 Å². The smallest absolute Gasteiger partial charge is 1.00 e. The molecule has 17 heavy (non-hydrogen) atoms. The van der Waals surface area contributed by atoms with Gasteiger partial charge in [-0.15, -0.1) is 0 Å². The average molecular weight is 260 g/mol. The van der Waals surface area contributed by atoms with Crippen molar-refractivity contribution in [2.24, 2.45) is 16.5 Å². The largest absolute Gasteiger partial charge is 1.00 e. The molecule has 1 aromatic carbocycles. The van der Waals surface area contributed by atoms with Gasteiger partial charge in [0, 0.05) is 0 Å². The summed E-state index contributed by atoms with van der Waals surface area (Å²) in [5.41, 5.74) is 11.3. The molecule has 0 fully saturated rings. The molecule has 0 saturated heterocycles. The molecule has 0 aliphatic carbocycles. The number of methoxy groups -OCH3 is 2. The van der Waals surface area contributed by atoms with E-state index in [1.54, 1.807) is 12.1 Å². The average Bonchev–Trinajstić information content (AvgIpc) is 2.27. The molecule has 94 valence electrons. The molecular formula is C10H14ClN3O3. The van der Waals surface area contributed by atoms with Crippen LogP contribution in [0.5, 0.6) is 5.75 Å². The molecule has 0 amide bonds. The van der Waals surface area contributed by atoms with Crippen molar-refractivity contribution in [3.63, 3.8) is 0 Å². The van der Waals surface area contributed by atoms with Crippen molar-refractivity contribution in [1.82, 2.24) is 0 Å². The van der Waals surface area contributed by atoms with E-state index in [1.807, 2.05) is 0 Å². The van der Waals surface area contributed by atoms with Gasteiger partial charge in [0.1, 0.15) is 11.4 Å². The third-order valence-electron chi connectivity index (χ3n) is 1.85. The lowest BCUT2D eigenvalue weighted by Gasteiger charge is -2.06. The van der Waals surface area contributed by atoms with Crippen LogP contribution in [0.15, 0.2) is 23.2 Å². The van der Waals surface area contributed by atoms with Crippen molar-refractivity contribution < 1.29 is 28.1 Å². The summed E-state index contributed by atoms with van der Waals surface area (Å²) in [6.45, 7) is 0. The molecule has 0 radical (unpaired) electrons. The highest BCUT2D eigenvalue weighted by Gasteiger charge is 2.09. The minimum Gasteiger partial charge on any atom is -1.00 e. The number of guanidine groups is 1. The number of hydrogen-bond donors (Lipinski definition) is 2. The van der Waals surface area contributed by atoms with Gasteiger partial charge in [-0.2, -0.15) is 0 Å². The molecule has 1 rings (SSSR count). The Bertz CT molecular complexity index is 436. The topological polar surface area (TPSA) is 99.9 Å². The van der Waals surface area contributed by atoms with E-state index < -0.39 is 5.97 Å². The Balaban J connectivity index is 0. The molecule has 0 aliphatic heterocycles. The monoisotopic (exact) mass is 259 g/mol. The summed E-state index contributed by atoms with van der Waals surface area (Å²) in [6.07, 6.45) is 0. The fraction of sp³-hybridized carbons (Fsp3) is 0.200. The molecule has 6 nitrogen and oxygen atoms in total. The predicted molar refractivity (Wildman–Crippen MR) is 60.9 cm³/mol. The molecule has 4 N–H and O–H groups in total. The van der Waals surface area contributed by atoms with Crippen LogP contribution in [0.4, 0.5) is 5.69 Å². The lowest BCUT2D eigenvalue weighted by molar-refractivity contribution is -0.0000185. The molecule has 0 heterocycles. The first-order valence-corrected chi connectivity index (χ1v) is 4.44. The fourth-order valence-electron chi connectivity index (χ4n) is 1.16. The van der Waals surface area contributed by atoms with E-state index in [-0.39, 0.29) is 19.8 Å². The van der Waals surface area contributed by atoms with E-state index in [1.165, 1.54) is 20.3 Å². The SMILES string of the molecule is COC(=O)c1ccc(OC)c(N=C(N)N)c1.[Cl-].[H+]. The third kappa shape index (κ3) is 3.84. The highest BCUT2D eigenvalue weighted by Crippen LogP contribution is 2.28. The van der Waals surface area contributed by atoms with Gasteiger partial charge in [-0.25, -0.2) is 9.79 Å². The van der Waals surface area contributed by atoms with Crippen LogP contribution < -0.4 is 28.6 Å². The molecular weight excluding hydrogens is 246 g/mol. The van der Waals surface area contributed by atoms with Crippen LogP contribution in [-0.4, -0.2) is 26.1 Å².